The normalized spacial score (nSPS) is 18.1. The molecule has 0 aliphatic carbocycles. The first-order valence-electron chi connectivity index (χ1n) is 6.00. The summed E-state index contributed by atoms with van der Waals surface area (Å²) in [4.78, 5) is 13.9. The first-order valence-corrected chi connectivity index (χ1v) is 7.82. The van der Waals surface area contributed by atoms with E-state index in [2.05, 4.69) is 5.43 Å². The molecule has 1 aliphatic heterocycles. The number of nitrogens with zero attached hydrogens (tertiary/aromatic N) is 1. The zero-order valence-corrected chi connectivity index (χ0v) is 11.5. The molecule has 0 atom stereocenters. The van der Waals surface area contributed by atoms with Crippen molar-refractivity contribution < 1.29 is 13.2 Å². The molecule has 1 heterocycles. The quantitative estimate of drug-likeness (QED) is 0.595. The van der Waals surface area contributed by atoms with Gasteiger partial charge in [-0.25, -0.2) is 8.42 Å². The molecular weight excluding hydrogens is 266 g/mol. The van der Waals surface area contributed by atoms with E-state index in [9.17, 15) is 13.2 Å². The molecule has 1 aliphatic rings. The number of nitrogens with two attached hydrogens (primary N) is 1. The third kappa shape index (κ3) is 3.05. The Morgan fingerprint density at radius 2 is 1.95 bits per heavy atom. The van der Waals surface area contributed by atoms with Crippen molar-refractivity contribution in [3.05, 3.63) is 29.3 Å². The topological polar surface area (TPSA) is 92.5 Å². The second kappa shape index (κ2) is 5.18. The molecule has 1 amide bonds. The lowest BCUT2D eigenvalue weighted by Crippen LogP contribution is -2.44. The van der Waals surface area contributed by atoms with Crippen molar-refractivity contribution in [3.63, 3.8) is 0 Å². The van der Waals surface area contributed by atoms with Crippen LogP contribution in [0, 0.1) is 6.92 Å². The van der Waals surface area contributed by atoms with Crippen molar-refractivity contribution >= 4 is 21.4 Å². The van der Waals surface area contributed by atoms with Crippen LogP contribution in [0.3, 0.4) is 0 Å². The molecule has 0 bridgehead atoms. The van der Waals surface area contributed by atoms with Crippen molar-refractivity contribution in [2.75, 3.05) is 30.0 Å². The number of nitrogens with one attached hydrogen (secondary N) is 1. The second-order valence-corrected chi connectivity index (χ2v) is 6.94. The minimum absolute atomic E-state index is 0.0238. The number of hydrazine groups is 1. The standard InChI is InChI=1S/C12H17N3O3S/c1-9-2-3-11(14-13)10(8-9)12(16)15-4-6-19(17,18)7-5-15/h2-3,8,14H,4-7,13H2,1H3. The van der Waals surface area contributed by atoms with Gasteiger partial charge in [0.15, 0.2) is 9.84 Å². The van der Waals surface area contributed by atoms with E-state index < -0.39 is 9.84 Å². The number of nitrogen functional groups attached to an aromatic ring is 1. The minimum Gasteiger partial charge on any atom is -0.337 e. The zero-order chi connectivity index (χ0) is 14.0. The Kier molecular flexibility index (Phi) is 3.77. The average molecular weight is 283 g/mol. The lowest BCUT2D eigenvalue weighted by molar-refractivity contribution is 0.0771. The van der Waals surface area contributed by atoms with Gasteiger partial charge in [0.25, 0.3) is 5.91 Å². The summed E-state index contributed by atoms with van der Waals surface area (Å²) in [5.41, 5.74) is 4.46. The summed E-state index contributed by atoms with van der Waals surface area (Å²) >= 11 is 0. The number of hydrogen-bond acceptors (Lipinski definition) is 5. The summed E-state index contributed by atoms with van der Waals surface area (Å²) in [6.45, 7) is 2.36. The van der Waals surface area contributed by atoms with Gasteiger partial charge >= 0.3 is 0 Å². The first-order chi connectivity index (χ1) is 8.93. The van der Waals surface area contributed by atoms with Crippen molar-refractivity contribution in [3.8, 4) is 0 Å². The van der Waals surface area contributed by atoms with Gasteiger partial charge in [0.2, 0.25) is 0 Å². The van der Waals surface area contributed by atoms with E-state index in [4.69, 9.17) is 5.84 Å². The van der Waals surface area contributed by atoms with E-state index in [1.807, 2.05) is 13.0 Å². The maximum absolute atomic E-state index is 12.4. The Labute approximate surface area is 112 Å². The number of amides is 1. The highest BCUT2D eigenvalue weighted by Crippen LogP contribution is 2.19. The highest BCUT2D eigenvalue weighted by atomic mass is 32.2. The van der Waals surface area contributed by atoms with Crippen LogP contribution in [0.25, 0.3) is 0 Å². The lowest BCUT2D eigenvalue weighted by atomic mass is 10.1. The maximum Gasteiger partial charge on any atom is 0.256 e. The van der Waals surface area contributed by atoms with Gasteiger partial charge in [-0.15, -0.1) is 0 Å². The third-order valence-electron chi connectivity index (χ3n) is 3.19. The van der Waals surface area contributed by atoms with Crippen molar-refractivity contribution in [2.45, 2.75) is 6.92 Å². The molecule has 2 rings (SSSR count). The molecule has 0 spiro atoms. The van der Waals surface area contributed by atoms with E-state index in [0.29, 0.717) is 11.3 Å². The number of benzene rings is 1. The highest BCUT2D eigenvalue weighted by molar-refractivity contribution is 7.91. The summed E-state index contributed by atoms with van der Waals surface area (Å²) in [6, 6.07) is 5.34. The van der Waals surface area contributed by atoms with Crippen LogP contribution in [0.2, 0.25) is 0 Å². The van der Waals surface area contributed by atoms with Crippen LogP contribution in [0.1, 0.15) is 15.9 Å². The molecule has 0 unspecified atom stereocenters. The molecule has 1 fully saturated rings. The minimum atomic E-state index is -2.99. The summed E-state index contributed by atoms with van der Waals surface area (Å²) in [5, 5.41) is 0. The van der Waals surface area contributed by atoms with Gasteiger partial charge in [0.1, 0.15) is 0 Å². The molecule has 0 aromatic heterocycles. The Hall–Kier alpha value is -1.60. The highest BCUT2D eigenvalue weighted by Gasteiger charge is 2.26. The molecule has 104 valence electrons. The number of anilines is 1. The summed E-state index contributed by atoms with van der Waals surface area (Å²) in [5.74, 6) is 5.25. The van der Waals surface area contributed by atoms with Crippen LogP contribution in [0.15, 0.2) is 18.2 Å². The van der Waals surface area contributed by atoms with E-state index in [1.54, 1.807) is 17.0 Å². The van der Waals surface area contributed by atoms with Crippen LogP contribution in [-0.4, -0.2) is 43.8 Å². The number of carbonyl (C=O) groups excluding carboxylic acids is 1. The molecular formula is C12H17N3O3S. The number of sulfone groups is 1. The number of rotatable bonds is 2. The number of hydrogen-bond donors (Lipinski definition) is 2. The fourth-order valence-electron chi connectivity index (χ4n) is 2.05. The van der Waals surface area contributed by atoms with Gasteiger partial charge in [-0.05, 0) is 19.1 Å². The monoisotopic (exact) mass is 283 g/mol. The Morgan fingerprint density at radius 3 is 2.53 bits per heavy atom. The van der Waals surface area contributed by atoms with Gasteiger partial charge in [-0.3, -0.25) is 10.6 Å². The molecule has 3 N–H and O–H groups in total. The van der Waals surface area contributed by atoms with Gasteiger partial charge in [-0.2, -0.15) is 0 Å². The molecule has 1 aromatic carbocycles. The van der Waals surface area contributed by atoms with Crippen LogP contribution in [0.5, 0.6) is 0 Å². The maximum atomic E-state index is 12.4. The fraction of sp³-hybridized carbons (Fsp3) is 0.417. The van der Waals surface area contributed by atoms with Gasteiger partial charge in [0.05, 0.1) is 22.8 Å². The summed E-state index contributed by atoms with van der Waals surface area (Å²) in [6.07, 6.45) is 0. The fourth-order valence-corrected chi connectivity index (χ4v) is 3.25. The smallest absolute Gasteiger partial charge is 0.256 e. The van der Waals surface area contributed by atoms with Gasteiger partial charge in [-0.1, -0.05) is 11.6 Å². The van der Waals surface area contributed by atoms with Crippen LogP contribution in [-0.2, 0) is 9.84 Å². The number of aryl methyl sites for hydroxylation is 1. The van der Waals surface area contributed by atoms with E-state index in [0.717, 1.165) is 5.56 Å². The van der Waals surface area contributed by atoms with E-state index in [1.165, 1.54) is 0 Å². The van der Waals surface area contributed by atoms with Crippen molar-refractivity contribution in [2.24, 2.45) is 5.84 Å². The average Bonchev–Trinajstić information content (AvgIpc) is 2.38. The zero-order valence-electron chi connectivity index (χ0n) is 10.7. The Balaban J connectivity index is 2.23. The predicted molar refractivity (Wildman–Crippen MR) is 73.5 cm³/mol. The molecule has 0 saturated carbocycles. The molecule has 1 aromatic rings. The van der Waals surface area contributed by atoms with E-state index in [-0.39, 0.29) is 30.5 Å². The Morgan fingerprint density at radius 1 is 1.32 bits per heavy atom. The molecule has 7 heteroatoms. The molecule has 6 nitrogen and oxygen atoms in total. The van der Waals surface area contributed by atoms with Crippen molar-refractivity contribution in [1.29, 1.82) is 0 Å². The van der Waals surface area contributed by atoms with Crippen LogP contribution < -0.4 is 11.3 Å². The largest absolute Gasteiger partial charge is 0.337 e. The Bertz CT molecular complexity index is 584. The SMILES string of the molecule is Cc1ccc(NN)c(C(=O)N2CCS(=O)(=O)CC2)c1. The van der Waals surface area contributed by atoms with Crippen LogP contribution in [0.4, 0.5) is 5.69 Å². The van der Waals surface area contributed by atoms with Gasteiger partial charge < -0.3 is 10.3 Å². The number of carbonyl (C=O) groups is 1. The molecule has 1 saturated heterocycles. The second-order valence-electron chi connectivity index (χ2n) is 4.64. The molecule has 0 radical (unpaired) electrons. The lowest BCUT2D eigenvalue weighted by Gasteiger charge is -2.27. The summed E-state index contributed by atoms with van der Waals surface area (Å²) in [7, 11) is -2.99. The first kappa shape index (κ1) is 13.8. The predicted octanol–water partition coefficient (Wildman–Crippen LogP) is 0.151. The van der Waals surface area contributed by atoms with Crippen LogP contribution >= 0.6 is 0 Å². The van der Waals surface area contributed by atoms with E-state index >= 15 is 0 Å². The molecule has 19 heavy (non-hydrogen) atoms. The van der Waals surface area contributed by atoms with Gasteiger partial charge in [0, 0.05) is 13.1 Å². The third-order valence-corrected chi connectivity index (χ3v) is 4.80. The summed E-state index contributed by atoms with van der Waals surface area (Å²) < 4.78 is 22.7. The van der Waals surface area contributed by atoms with Crippen molar-refractivity contribution in [1.82, 2.24) is 4.90 Å².